The molecule has 0 unspecified atom stereocenters. The largest absolute Gasteiger partial charge is 0.354 e. The minimum Gasteiger partial charge on any atom is -0.354 e. The molecule has 0 fully saturated rings. The van der Waals surface area contributed by atoms with Crippen LogP contribution in [0, 0.1) is 0 Å². The Balaban J connectivity index is 1.14. The molecular formula is C49H33N. The molecule has 0 bridgehead atoms. The van der Waals surface area contributed by atoms with Crippen LogP contribution < -0.4 is 0 Å². The molecule has 0 amide bonds. The number of nitrogens with one attached hydrogen (secondary N) is 1. The molecule has 1 aliphatic rings. The van der Waals surface area contributed by atoms with Crippen LogP contribution in [0.25, 0.3) is 88.6 Å². The van der Waals surface area contributed by atoms with Crippen molar-refractivity contribution in [3.05, 3.63) is 193 Å². The molecular weight excluding hydrogens is 603 g/mol. The number of aromatic amines is 1. The monoisotopic (exact) mass is 635 g/mol. The lowest BCUT2D eigenvalue weighted by Crippen LogP contribution is -1.90. The van der Waals surface area contributed by atoms with Crippen molar-refractivity contribution in [2.75, 3.05) is 0 Å². The standard InChI is InChI=1S/C49H33N/c1-5-13-32(14-6-1)39-28-41(34-17-9-3-10-18-34)44-27-38-22-21-36(25-42(38)45(44)30-39)37-23-24-48-46(26-37)47-31-40(33-15-7-2-8-16-33)29-43(49(47)50-48)35-19-11-4-12-20-35/h1-26,28-31,50H,27H2. The molecule has 0 aliphatic heterocycles. The lowest BCUT2D eigenvalue weighted by atomic mass is 9.90. The van der Waals surface area contributed by atoms with Gasteiger partial charge in [-0.15, -0.1) is 0 Å². The predicted molar refractivity (Wildman–Crippen MR) is 211 cm³/mol. The highest BCUT2D eigenvalue weighted by atomic mass is 14.7. The number of H-pyrrole nitrogens is 1. The van der Waals surface area contributed by atoms with Gasteiger partial charge in [0.15, 0.2) is 0 Å². The Kier molecular flexibility index (Phi) is 6.63. The minimum atomic E-state index is 0.941. The fraction of sp³-hybridized carbons (Fsp3) is 0.0204. The summed E-state index contributed by atoms with van der Waals surface area (Å²) in [5.41, 5.74) is 20.2. The Morgan fingerprint density at radius 1 is 0.320 bits per heavy atom. The first-order chi connectivity index (χ1) is 24.8. The summed E-state index contributed by atoms with van der Waals surface area (Å²) in [6.45, 7) is 0. The molecule has 50 heavy (non-hydrogen) atoms. The lowest BCUT2D eigenvalue weighted by Gasteiger charge is -2.13. The summed E-state index contributed by atoms with van der Waals surface area (Å²) >= 11 is 0. The average molecular weight is 636 g/mol. The van der Waals surface area contributed by atoms with Crippen molar-refractivity contribution in [3.8, 4) is 66.8 Å². The number of hydrogen-bond donors (Lipinski definition) is 1. The van der Waals surface area contributed by atoms with Gasteiger partial charge >= 0.3 is 0 Å². The van der Waals surface area contributed by atoms with Crippen LogP contribution in [0.15, 0.2) is 182 Å². The Morgan fingerprint density at radius 3 is 1.46 bits per heavy atom. The van der Waals surface area contributed by atoms with Crippen LogP contribution in [0.1, 0.15) is 11.1 Å². The summed E-state index contributed by atoms with van der Waals surface area (Å²) in [7, 11) is 0. The summed E-state index contributed by atoms with van der Waals surface area (Å²) in [6.07, 6.45) is 0.941. The van der Waals surface area contributed by atoms with Gasteiger partial charge in [0.25, 0.3) is 0 Å². The van der Waals surface area contributed by atoms with Crippen LogP contribution in [0.3, 0.4) is 0 Å². The number of hydrogen-bond acceptors (Lipinski definition) is 0. The summed E-state index contributed by atoms with van der Waals surface area (Å²) < 4.78 is 0. The van der Waals surface area contributed by atoms with E-state index < -0.39 is 0 Å². The Labute approximate surface area is 292 Å². The van der Waals surface area contributed by atoms with Gasteiger partial charge in [-0.05, 0) is 121 Å². The summed E-state index contributed by atoms with van der Waals surface area (Å²) in [5.74, 6) is 0. The van der Waals surface area contributed by atoms with E-state index in [0.29, 0.717) is 0 Å². The lowest BCUT2D eigenvalue weighted by molar-refractivity contribution is 1.26. The number of fused-ring (bicyclic) bond motifs is 6. The van der Waals surface area contributed by atoms with E-state index in [1.165, 1.54) is 94.2 Å². The van der Waals surface area contributed by atoms with Gasteiger partial charge < -0.3 is 4.98 Å². The smallest absolute Gasteiger partial charge is 0.0544 e. The molecule has 1 heteroatoms. The highest BCUT2D eigenvalue weighted by Crippen LogP contribution is 2.46. The van der Waals surface area contributed by atoms with E-state index in [2.05, 4.69) is 187 Å². The first kappa shape index (κ1) is 28.6. The average Bonchev–Trinajstić information content (AvgIpc) is 3.76. The van der Waals surface area contributed by atoms with Gasteiger partial charge in [-0.1, -0.05) is 140 Å². The van der Waals surface area contributed by atoms with Crippen molar-refractivity contribution in [1.29, 1.82) is 0 Å². The van der Waals surface area contributed by atoms with Crippen LogP contribution >= 0.6 is 0 Å². The molecule has 0 spiro atoms. The van der Waals surface area contributed by atoms with Crippen LogP contribution in [0.4, 0.5) is 0 Å². The summed E-state index contributed by atoms with van der Waals surface area (Å²) in [4.78, 5) is 3.80. The third kappa shape index (κ3) is 4.78. The number of rotatable bonds is 5. The van der Waals surface area contributed by atoms with Crippen LogP contribution in [0.2, 0.25) is 0 Å². The van der Waals surface area contributed by atoms with Crippen molar-refractivity contribution in [2.24, 2.45) is 0 Å². The second kappa shape index (κ2) is 11.6. The van der Waals surface area contributed by atoms with Crippen LogP contribution in [0.5, 0.6) is 0 Å². The van der Waals surface area contributed by atoms with Gasteiger partial charge in [0.05, 0.1) is 5.52 Å². The zero-order chi connectivity index (χ0) is 33.0. The molecule has 0 saturated carbocycles. The molecule has 9 aromatic rings. The molecule has 1 aliphatic carbocycles. The molecule has 1 aromatic heterocycles. The molecule has 234 valence electrons. The third-order valence-electron chi connectivity index (χ3n) is 10.4. The predicted octanol–water partition coefficient (Wildman–Crippen LogP) is 13.2. The van der Waals surface area contributed by atoms with E-state index in [-0.39, 0.29) is 0 Å². The van der Waals surface area contributed by atoms with Crippen molar-refractivity contribution < 1.29 is 0 Å². The first-order valence-electron chi connectivity index (χ1n) is 17.4. The van der Waals surface area contributed by atoms with E-state index in [4.69, 9.17) is 0 Å². The molecule has 0 saturated heterocycles. The van der Waals surface area contributed by atoms with E-state index in [1.54, 1.807) is 0 Å². The van der Waals surface area contributed by atoms with Crippen molar-refractivity contribution >= 4 is 21.8 Å². The third-order valence-corrected chi connectivity index (χ3v) is 10.4. The van der Waals surface area contributed by atoms with E-state index >= 15 is 0 Å². The van der Waals surface area contributed by atoms with Gasteiger partial charge in [-0.2, -0.15) is 0 Å². The molecule has 10 rings (SSSR count). The van der Waals surface area contributed by atoms with Crippen LogP contribution in [-0.2, 0) is 6.42 Å². The zero-order valence-electron chi connectivity index (χ0n) is 27.5. The van der Waals surface area contributed by atoms with Gasteiger partial charge in [-0.3, -0.25) is 0 Å². The normalized spacial score (nSPS) is 11.9. The van der Waals surface area contributed by atoms with E-state index in [9.17, 15) is 0 Å². The van der Waals surface area contributed by atoms with Gasteiger partial charge in [0.1, 0.15) is 0 Å². The van der Waals surface area contributed by atoms with E-state index in [0.717, 1.165) is 11.9 Å². The molecule has 8 aromatic carbocycles. The first-order valence-corrected chi connectivity index (χ1v) is 17.4. The topological polar surface area (TPSA) is 15.8 Å². The van der Waals surface area contributed by atoms with Crippen molar-refractivity contribution in [2.45, 2.75) is 6.42 Å². The van der Waals surface area contributed by atoms with Gasteiger partial charge in [0, 0.05) is 21.9 Å². The van der Waals surface area contributed by atoms with Gasteiger partial charge in [-0.25, -0.2) is 0 Å². The summed E-state index contributed by atoms with van der Waals surface area (Å²) in [5, 5.41) is 2.49. The number of aromatic nitrogens is 1. The highest BCUT2D eigenvalue weighted by molar-refractivity contribution is 6.14. The van der Waals surface area contributed by atoms with Crippen molar-refractivity contribution in [3.63, 3.8) is 0 Å². The number of benzene rings is 8. The fourth-order valence-corrected chi connectivity index (χ4v) is 7.95. The molecule has 1 nitrogen and oxygen atoms in total. The fourth-order valence-electron chi connectivity index (χ4n) is 7.95. The SMILES string of the molecule is c1ccc(-c2cc(-c3ccccc3)c3c(c2)-c2cc(-c4ccc5[nH]c6c(-c7ccccc7)cc(-c7ccccc7)cc6c5c4)ccc2C3)cc1. The second-order valence-electron chi connectivity index (χ2n) is 13.4. The Morgan fingerprint density at radius 2 is 0.800 bits per heavy atom. The molecule has 0 radical (unpaired) electrons. The maximum absolute atomic E-state index is 3.80. The van der Waals surface area contributed by atoms with Gasteiger partial charge in [0.2, 0.25) is 0 Å². The maximum Gasteiger partial charge on any atom is 0.0544 e. The van der Waals surface area contributed by atoms with Crippen LogP contribution in [-0.4, -0.2) is 4.98 Å². The molecule has 1 heterocycles. The molecule has 1 N–H and O–H groups in total. The highest BCUT2D eigenvalue weighted by Gasteiger charge is 2.24. The Bertz CT molecular complexity index is 2690. The quantitative estimate of drug-likeness (QED) is 0.194. The summed E-state index contributed by atoms with van der Waals surface area (Å²) in [6, 6.07) is 66.5. The maximum atomic E-state index is 3.80. The zero-order valence-corrected chi connectivity index (χ0v) is 27.5. The van der Waals surface area contributed by atoms with E-state index in [1.807, 2.05) is 0 Å². The van der Waals surface area contributed by atoms with Crippen molar-refractivity contribution in [1.82, 2.24) is 4.98 Å². The minimum absolute atomic E-state index is 0.941. The Hall–Kier alpha value is -6.44. The second-order valence-corrected chi connectivity index (χ2v) is 13.4. The molecule has 0 atom stereocenters.